The van der Waals surface area contributed by atoms with Gasteiger partial charge in [-0.3, -0.25) is 9.59 Å². The van der Waals surface area contributed by atoms with Crippen molar-refractivity contribution >= 4 is 28.2 Å². The molecule has 0 radical (unpaired) electrons. The van der Waals surface area contributed by atoms with Crippen molar-refractivity contribution in [1.29, 1.82) is 0 Å². The van der Waals surface area contributed by atoms with Gasteiger partial charge < -0.3 is 11.1 Å². The Balaban J connectivity index is 2.28. The average Bonchev–Trinajstić information content (AvgIpc) is 2.90. The molecule has 0 saturated carbocycles. The van der Waals surface area contributed by atoms with E-state index in [0.29, 0.717) is 17.0 Å². The van der Waals surface area contributed by atoms with Gasteiger partial charge >= 0.3 is 0 Å². The molecule has 0 fully saturated rings. The number of carbonyl (C=O) groups excluding carboxylic acids is 2. The smallest absolute Gasteiger partial charge is 0.251 e. The lowest BCUT2D eigenvalue weighted by molar-refractivity contribution is -0.116. The first-order valence-corrected chi connectivity index (χ1v) is 7.16. The monoisotopic (exact) mass is 298 g/mol. The van der Waals surface area contributed by atoms with Gasteiger partial charge in [-0.05, 0) is 11.6 Å². The van der Waals surface area contributed by atoms with Gasteiger partial charge in [-0.1, -0.05) is 30.3 Å². The van der Waals surface area contributed by atoms with E-state index in [1.165, 1.54) is 11.3 Å². The molecule has 0 saturated heterocycles. The second-order valence-corrected chi connectivity index (χ2v) is 5.39. The molecule has 5 heteroatoms. The predicted molar refractivity (Wildman–Crippen MR) is 85.0 cm³/mol. The molecule has 0 unspecified atom stereocenters. The summed E-state index contributed by atoms with van der Waals surface area (Å²) in [5, 5.41) is 3.16. The molecular formula is C16H14N2O2S. The number of primary amides is 1. The van der Waals surface area contributed by atoms with E-state index in [9.17, 15) is 9.59 Å². The van der Waals surface area contributed by atoms with E-state index >= 15 is 0 Å². The van der Waals surface area contributed by atoms with E-state index in [2.05, 4.69) is 11.2 Å². The van der Waals surface area contributed by atoms with Gasteiger partial charge in [0.05, 0.1) is 5.56 Å². The highest BCUT2D eigenvalue weighted by atomic mass is 32.1. The van der Waals surface area contributed by atoms with E-state index in [1.54, 1.807) is 6.07 Å². The highest BCUT2D eigenvalue weighted by Gasteiger charge is 2.16. The minimum Gasteiger partial charge on any atom is -0.366 e. The van der Waals surface area contributed by atoms with Gasteiger partial charge in [-0.15, -0.1) is 23.7 Å². The van der Waals surface area contributed by atoms with Crippen molar-refractivity contribution in [2.24, 2.45) is 5.73 Å². The third-order valence-corrected chi connectivity index (χ3v) is 3.90. The summed E-state index contributed by atoms with van der Waals surface area (Å²) in [6, 6.07) is 11.3. The van der Waals surface area contributed by atoms with E-state index < -0.39 is 5.91 Å². The fourth-order valence-corrected chi connectivity index (χ4v) is 2.87. The van der Waals surface area contributed by atoms with Crippen molar-refractivity contribution in [3.05, 3.63) is 42.0 Å². The Kier molecular flexibility index (Phi) is 4.75. The van der Waals surface area contributed by atoms with Crippen LogP contribution in [0.25, 0.3) is 10.4 Å². The van der Waals surface area contributed by atoms with Gasteiger partial charge in [0.2, 0.25) is 5.91 Å². The van der Waals surface area contributed by atoms with Crippen LogP contribution >= 0.6 is 11.3 Å². The zero-order chi connectivity index (χ0) is 15.2. The number of thiophene rings is 1. The molecule has 3 N–H and O–H groups in total. The number of nitrogens with one attached hydrogen (secondary N) is 1. The molecule has 2 amide bonds. The van der Waals surface area contributed by atoms with Crippen molar-refractivity contribution < 1.29 is 9.59 Å². The molecule has 2 rings (SSSR count). The molecule has 0 aliphatic rings. The summed E-state index contributed by atoms with van der Waals surface area (Å²) in [6.45, 7) is 0. The van der Waals surface area contributed by atoms with Crippen LogP contribution in [0.2, 0.25) is 0 Å². The molecule has 0 atom stereocenters. The zero-order valence-electron chi connectivity index (χ0n) is 11.3. The molecule has 1 aromatic heterocycles. The lowest BCUT2D eigenvalue weighted by Crippen LogP contribution is -2.16. The van der Waals surface area contributed by atoms with Crippen LogP contribution in [0.4, 0.5) is 5.00 Å². The molecule has 106 valence electrons. The van der Waals surface area contributed by atoms with Crippen LogP contribution in [0.3, 0.4) is 0 Å². The highest BCUT2D eigenvalue weighted by Crippen LogP contribution is 2.35. The van der Waals surface area contributed by atoms with Crippen LogP contribution in [-0.4, -0.2) is 11.8 Å². The van der Waals surface area contributed by atoms with Crippen molar-refractivity contribution in [3.8, 4) is 22.8 Å². The molecule has 0 spiro atoms. The van der Waals surface area contributed by atoms with Gasteiger partial charge in [-0.2, -0.15) is 0 Å². The van der Waals surface area contributed by atoms with Crippen molar-refractivity contribution in [3.63, 3.8) is 0 Å². The number of terminal acetylenes is 1. The van der Waals surface area contributed by atoms with Crippen molar-refractivity contribution in [2.75, 3.05) is 5.32 Å². The molecule has 0 aliphatic heterocycles. The SMILES string of the molecule is C#CCCC(=O)Nc1sc(-c2ccccc2)cc1C(N)=O. The third-order valence-electron chi connectivity index (χ3n) is 2.81. The zero-order valence-corrected chi connectivity index (χ0v) is 12.1. The maximum atomic E-state index is 11.7. The normalized spacial score (nSPS) is 9.86. The summed E-state index contributed by atoms with van der Waals surface area (Å²) in [4.78, 5) is 24.1. The molecule has 0 aliphatic carbocycles. The number of anilines is 1. The minimum absolute atomic E-state index is 0.216. The lowest BCUT2D eigenvalue weighted by atomic mass is 10.1. The van der Waals surface area contributed by atoms with Crippen molar-refractivity contribution in [2.45, 2.75) is 12.8 Å². The number of amides is 2. The van der Waals surface area contributed by atoms with Gasteiger partial charge in [0.1, 0.15) is 5.00 Å². The molecular weight excluding hydrogens is 284 g/mol. The Morgan fingerprint density at radius 2 is 2.00 bits per heavy atom. The number of nitrogens with two attached hydrogens (primary N) is 1. The maximum absolute atomic E-state index is 11.7. The van der Waals surface area contributed by atoms with Crippen LogP contribution in [0.15, 0.2) is 36.4 Å². The van der Waals surface area contributed by atoms with Gasteiger partial charge in [0.15, 0.2) is 0 Å². The van der Waals surface area contributed by atoms with Crippen LogP contribution in [-0.2, 0) is 4.79 Å². The maximum Gasteiger partial charge on any atom is 0.251 e. The quantitative estimate of drug-likeness (QED) is 0.833. The summed E-state index contributed by atoms with van der Waals surface area (Å²) in [5.41, 5.74) is 6.65. The highest BCUT2D eigenvalue weighted by molar-refractivity contribution is 7.20. The summed E-state index contributed by atoms with van der Waals surface area (Å²) in [5.74, 6) is 1.61. The number of hydrogen-bond acceptors (Lipinski definition) is 3. The van der Waals surface area contributed by atoms with Crippen LogP contribution in [0.5, 0.6) is 0 Å². The molecule has 4 nitrogen and oxygen atoms in total. The lowest BCUT2D eigenvalue weighted by Gasteiger charge is -2.02. The Hall–Kier alpha value is -2.58. The van der Waals surface area contributed by atoms with Crippen LogP contribution in [0.1, 0.15) is 23.2 Å². The fraction of sp³-hybridized carbons (Fsp3) is 0.125. The summed E-state index contributed by atoms with van der Waals surface area (Å²) in [7, 11) is 0. The van der Waals surface area contributed by atoms with Crippen molar-refractivity contribution in [1.82, 2.24) is 0 Å². The predicted octanol–water partition coefficient (Wildman–Crippen LogP) is 2.87. The van der Waals surface area contributed by atoms with Crippen LogP contribution in [0, 0.1) is 12.3 Å². The topological polar surface area (TPSA) is 72.2 Å². The van der Waals surface area contributed by atoms with Gasteiger partial charge in [0, 0.05) is 17.7 Å². The minimum atomic E-state index is -0.569. The van der Waals surface area contributed by atoms with E-state index in [0.717, 1.165) is 10.4 Å². The first-order chi connectivity index (χ1) is 10.1. The van der Waals surface area contributed by atoms with Gasteiger partial charge in [-0.25, -0.2) is 0 Å². The summed E-state index contributed by atoms with van der Waals surface area (Å²) < 4.78 is 0. The Morgan fingerprint density at radius 3 is 2.62 bits per heavy atom. The van der Waals surface area contributed by atoms with E-state index in [4.69, 9.17) is 12.2 Å². The second kappa shape index (κ2) is 6.73. The largest absolute Gasteiger partial charge is 0.366 e. The Morgan fingerprint density at radius 1 is 1.29 bits per heavy atom. The van der Waals surface area contributed by atoms with Crippen LogP contribution < -0.4 is 11.1 Å². The summed E-state index contributed by atoms with van der Waals surface area (Å²) >= 11 is 1.32. The number of carbonyl (C=O) groups is 2. The fourth-order valence-electron chi connectivity index (χ4n) is 1.79. The molecule has 1 aromatic carbocycles. The average molecular weight is 298 g/mol. The summed E-state index contributed by atoms with van der Waals surface area (Å²) in [6.07, 6.45) is 5.70. The Bertz CT molecular complexity index is 699. The standard InChI is InChI=1S/C16H14N2O2S/c1-2-3-9-14(19)18-16-12(15(17)20)10-13(21-16)11-7-5-4-6-8-11/h1,4-8,10H,3,9H2,(H2,17,20)(H,18,19). The number of rotatable bonds is 5. The first-order valence-electron chi connectivity index (χ1n) is 6.34. The molecule has 2 aromatic rings. The van der Waals surface area contributed by atoms with E-state index in [-0.39, 0.29) is 12.3 Å². The Labute approximate surface area is 127 Å². The second-order valence-electron chi connectivity index (χ2n) is 4.34. The first kappa shape index (κ1) is 14.8. The molecule has 21 heavy (non-hydrogen) atoms. The molecule has 1 heterocycles. The van der Waals surface area contributed by atoms with E-state index in [1.807, 2.05) is 30.3 Å². The third kappa shape index (κ3) is 3.71. The molecule has 0 bridgehead atoms. The number of hydrogen-bond donors (Lipinski definition) is 2. The van der Waals surface area contributed by atoms with Gasteiger partial charge in [0.25, 0.3) is 5.91 Å². The number of benzene rings is 1.